The van der Waals surface area contributed by atoms with Crippen LogP contribution in [0.5, 0.6) is 17.2 Å². The van der Waals surface area contributed by atoms with Gasteiger partial charge in [0.15, 0.2) is 6.61 Å². The molecule has 0 saturated carbocycles. The zero-order chi connectivity index (χ0) is 24.6. The van der Waals surface area contributed by atoms with Crippen molar-refractivity contribution in [3.8, 4) is 17.2 Å². The number of anilines is 1. The molecule has 0 fully saturated rings. The van der Waals surface area contributed by atoms with E-state index in [0.717, 1.165) is 32.8 Å². The number of amides is 1. The minimum atomic E-state index is -0.287. The molecular formula is C28H22BrClN2O3. The van der Waals surface area contributed by atoms with Gasteiger partial charge in [-0.15, -0.1) is 0 Å². The number of halogens is 2. The SMILES string of the molecule is Cc1ccc(NC(=O)COc2ccc(Br)cc2C=Nc2ccc(Oc3ccccc3)cc2)cc1Cl. The molecule has 7 heteroatoms. The van der Waals surface area contributed by atoms with Crippen LogP contribution < -0.4 is 14.8 Å². The molecule has 0 spiro atoms. The Kier molecular flexibility index (Phi) is 8.19. The Morgan fingerprint density at radius 2 is 1.71 bits per heavy atom. The first-order valence-corrected chi connectivity index (χ1v) is 12.0. The summed E-state index contributed by atoms with van der Waals surface area (Å²) >= 11 is 9.60. The molecule has 0 bridgehead atoms. The Balaban J connectivity index is 1.39. The van der Waals surface area contributed by atoms with E-state index in [4.69, 9.17) is 21.1 Å². The number of carbonyl (C=O) groups excluding carboxylic acids is 1. The average molecular weight is 550 g/mol. The Morgan fingerprint density at radius 1 is 0.971 bits per heavy atom. The lowest BCUT2D eigenvalue weighted by Gasteiger charge is -2.11. The van der Waals surface area contributed by atoms with Gasteiger partial charge in [0.25, 0.3) is 5.91 Å². The van der Waals surface area contributed by atoms with Gasteiger partial charge >= 0.3 is 0 Å². The molecule has 0 aliphatic rings. The monoisotopic (exact) mass is 548 g/mol. The van der Waals surface area contributed by atoms with E-state index in [1.54, 1.807) is 24.4 Å². The number of benzene rings is 4. The first-order valence-electron chi connectivity index (χ1n) is 10.8. The van der Waals surface area contributed by atoms with Crippen LogP contribution in [0.1, 0.15) is 11.1 Å². The highest BCUT2D eigenvalue weighted by Crippen LogP contribution is 2.26. The van der Waals surface area contributed by atoms with Crippen LogP contribution in [0.15, 0.2) is 100 Å². The molecule has 0 aromatic heterocycles. The van der Waals surface area contributed by atoms with Crippen molar-refractivity contribution in [2.24, 2.45) is 4.99 Å². The minimum Gasteiger partial charge on any atom is -0.483 e. The summed E-state index contributed by atoms with van der Waals surface area (Å²) in [5.41, 5.74) is 3.05. The topological polar surface area (TPSA) is 59.9 Å². The molecule has 0 heterocycles. The number of aliphatic imine (C=N–C) groups is 1. The van der Waals surface area contributed by atoms with Gasteiger partial charge in [-0.25, -0.2) is 0 Å². The molecule has 0 aliphatic heterocycles. The van der Waals surface area contributed by atoms with Crippen molar-refractivity contribution < 1.29 is 14.3 Å². The second-order valence-electron chi connectivity index (χ2n) is 7.65. The molecular weight excluding hydrogens is 528 g/mol. The number of rotatable bonds is 8. The lowest BCUT2D eigenvalue weighted by molar-refractivity contribution is -0.118. The number of nitrogens with one attached hydrogen (secondary N) is 1. The second kappa shape index (κ2) is 11.7. The van der Waals surface area contributed by atoms with E-state index in [0.29, 0.717) is 16.5 Å². The summed E-state index contributed by atoms with van der Waals surface area (Å²) in [5.74, 6) is 1.75. The van der Waals surface area contributed by atoms with Crippen molar-refractivity contribution in [3.63, 3.8) is 0 Å². The molecule has 35 heavy (non-hydrogen) atoms. The molecule has 0 saturated heterocycles. The predicted octanol–water partition coefficient (Wildman–Crippen LogP) is 7.97. The summed E-state index contributed by atoms with van der Waals surface area (Å²) in [4.78, 5) is 16.9. The molecule has 1 amide bonds. The number of ether oxygens (including phenoxy) is 2. The largest absolute Gasteiger partial charge is 0.483 e. The van der Waals surface area contributed by atoms with Gasteiger partial charge in [0.05, 0.1) is 5.69 Å². The lowest BCUT2D eigenvalue weighted by atomic mass is 10.2. The standard InChI is InChI=1S/C28H22BrClN2O3/c1-19-7-9-23(16-26(19)30)32-28(33)18-34-27-14-8-21(29)15-20(27)17-31-22-10-12-25(13-11-22)35-24-5-3-2-4-6-24/h2-17H,18H2,1H3,(H,32,33). The fraction of sp³-hybridized carbons (Fsp3) is 0.0714. The second-order valence-corrected chi connectivity index (χ2v) is 8.97. The Hall–Kier alpha value is -3.61. The van der Waals surface area contributed by atoms with E-state index < -0.39 is 0 Å². The van der Waals surface area contributed by atoms with Crippen molar-refractivity contribution in [2.45, 2.75) is 6.92 Å². The normalized spacial score (nSPS) is 10.8. The number of hydrogen-bond acceptors (Lipinski definition) is 4. The smallest absolute Gasteiger partial charge is 0.262 e. The summed E-state index contributed by atoms with van der Waals surface area (Å²) < 4.78 is 12.5. The van der Waals surface area contributed by atoms with Crippen LogP contribution in [0.2, 0.25) is 5.02 Å². The maximum absolute atomic E-state index is 12.4. The molecule has 1 N–H and O–H groups in total. The van der Waals surface area contributed by atoms with Crippen LogP contribution in [-0.4, -0.2) is 18.7 Å². The fourth-order valence-corrected chi connectivity index (χ4v) is 3.69. The van der Waals surface area contributed by atoms with Gasteiger partial charge in [-0.05, 0) is 79.2 Å². The predicted molar refractivity (Wildman–Crippen MR) is 145 cm³/mol. The van der Waals surface area contributed by atoms with Crippen molar-refractivity contribution >= 4 is 51.0 Å². The molecule has 0 atom stereocenters. The first kappa shape index (κ1) is 24.5. The van der Waals surface area contributed by atoms with Crippen molar-refractivity contribution in [1.29, 1.82) is 0 Å². The summed E-state index contributed by atoms with van der Waals surface area (Å²) in [5, 5.41) is 3.38. The van der Waals surface area contributed by atoms with Crippen molar-refractivity contribution in [2.75, 3.05) is 11.9 Å². The van der Waals surface area contributed by atoms with Crippen LogP contribution in [0.3, 0.4) is 0 Å². The van der Waals surface area contributed by atoms with Gasteiger partial charge < -0.3 is 14.8 Å². The number of para-hydroxylation sites is 1. The van der Waals surface area contributed by atoms with Crippen molar-refractivity contribution in [3.05, 3.63) is 112 Å². The minimum absolute atomic E-state index is 0.153. The molecule has 0 radical (unpaired) electrons. The molecule has 4 rings (SSSR count). The van der Waals surface area contributed by atoms with Gasteiger partial charge in [-0.1, -0.05) is 51.8 Å². The van der Waals surface area contributed by atoms with E-state index in [1.165, 1.54) is 0 Å². The highest BCUT2D eigenvalue weighted by atomic mass is 79.9. The maximum Gasteiger partial charge on any atom is 0.262 e. The number of aryl methyl sites for hydroxylation is 1. The zero-order valence-electron chi connectivity index (χ0n) is 18.9. The molecule has 0 unspecified atom stereocenters. The molecule has 0 aliphatic carbocycles. The molecule has 4 aromatic rings. The van der Waals surface area contributed by atoms with Gasteiger partial charge in [0.1, 0.15) is 17.2 Å². The first-order chi connectivity index (χ1) is 17.0. The summed E-state index contributed by atoms with van der Waals surface area (Å²) in [7, 11) is 0. The van der Waals surface area contributed by atoms with E-state index in [9.17, 15) is 4.79 Å². The fourth-order valence-electron chi connectivity index (χ4n) is 3.13. The third-order valence-electron chi connectivity index (χ3n) is 4.95. The Labute approximate surface area is 217 Å². The van der Waals surface area contributed by atoms with E-state index in [1.807, 2.05) is 79.7 Å². The van der Waals surface area contributed by atoms with E-state index >= 15 is 0 Å². The molecule has 176 valence electrons. The Morgan fingerprint density at radius 3 is 2.46 bits per heavy atom. The summed E-state index contributed by atoms with van der Waals surface area (Å²) in [6.07, 6.45) is 1.70. The van der Waals surface area contributed by atoms with Crippen LogP contribution >= 0.6 is 27.5 Å². The quantitative estimate of drug-likeness (QED) is 0.227. The number of hydrogen-bond donors (Lipinski definition) is 1. The van der Waals surface area contributed by atoms with Gasteiger partial charge in [0, 0.05) is 27.0 Å². The van der Waals surface area contributed by atoms with Crippen molar-refractivity contribution in [1.82, 2.24) is 0 Å². The van der Waals surface area contributed by atoms with Crippen LogP contribution in [-0.2, 0) is 4.79 Å². The molecule has 4 aromatic carbocycles. The maximum atomic E-state index is 12.4. The third kappa shape index (κ3) is 7.18. The zero-order valence-corrected chi connectivity index (χ0v) is 21.2. The van der Waals surface area contributed by atoms with Crippen LogP contribution in [0.4, 0.5) is 11.4 Å². The summed E-state index contributed by atoms with van der Waals surface area (Å²) in [6.45, 7) is 1.75. The summed E-state index contributed by atoms with van der Waals surface area (Å²) in [6, 6.07) is 27.9. The Bertz CT molecular complexity index is 1340. The van der Waals surface area contributed by atoms with Gasteiger partial charge in [-0.2, -0.15) is 0 Å². The van der Waals surface area contributed by atoms with Gasteiger partial charge in [-0.3, -0.25) is 9.79 Å². The highest BCUT2D eigenvalue weighted by Gasteiger charge is 2.08. The van der Waals surface area contributed by atoms with E-state index in [2.05, 4.69) is 26.2 Å². The highest BCUT2D eigenvalue weighted by molar-refractivity contribution is 9.10. The van der Waals surface area contributed by atoms with Crippen LogP contribution in [0.25, 0.3) is 0 Å². The van der Waals surface area contributed by atoms with Gasteiger partial charge in [0.2, 0.25) is 0 Å². The third-order valence-corrected chi connectivity index (χ3v) is 5.85. The lowest BCUT2D eigenvalue weighted by Crippen LogP contribution is -2.20. The van der Waals surface area contributed by atoms with E-state index in [-0.39, 0.29) is 12.5 Å². The average Bonchev–Trinajstić information content (AvgIpc) is 2.86. The van der Waals surface area contributed by atoms with Crippen LogP contribution in [0, 0.1) is 6.92 Å². The number of carbonyl (C=O) groups is 1. The molecule has 5 nitrogen and oxygen atoms in total. The number of nitrogens with zero attached hydrogens (tertiary/aromatic N) is 1.